The van der Waals surface area contributed by atoms with Crippen LogP contribution in [0.25, 0.3) is 0 Å². The Morgan fingerprint density at radius 1 is 1.23 bits per heavy atom. The summed E-state index contributed by atoms with van der Waals surface area (Å²) in [5.74, 6) is 0.237. The number of nitrogens with one attached hydrogen (secondary N) is 1. The van der Waals surface area contributed by atoms with Crippen molar-refractivity contribution in [1.82, 2.24) is 4.90 Å². The Hall–Kier alpha value is -2.22. The van der Waals surface area contributed by atoms with Gasteiger partial charge in [0, 0.05) is 34.8 Å². The first kappa shape index (κ1) is 22.5. The zero-order valence-corrected chi connectivity index (χ0v) is 18.9. The summed E-state index contributed by atoms with van der Waals surface area (Å²) in [6.07, 6.45) is 0.0881. The third-order valence-electron chi connectivity index (χ3n) is 4.23. The van der Waals surface area contributed by atoms with Crippen LogP contribution >= 0.6 is 35.0 Å². The summed E-state index contributed by atoms with van der Waals surface area (Å²) in [6, 6.07) is 12.1. The zero-order chi connectivity index (χ0) is 21.7. The molecule has 0 aliphatic carbocycles. The molecule has 0 bridgehead atoms. The van der Waals surface area contributed by atoms with Crippen molar-refractivity contribution in [2.24, 2.45) is 4.99 Å². The predicted molar refractivity (Wildman–Crippen MR) is 123 cm³/mol. The van der Waals surface area contributed by atoms with Crippen LogP contribution in [0.15, 0.2) is 47.5 Å². The number of ether oxygens (including phenoxy) is 1. The quantitative estimate of drug-likeness (QED) is 0.621. The number of halogens is 2. The molecule has 1 heterocycles. The Labute approximate surface area is 189 Å². The number of hydrogen-bond acceptors (Lipinski definition) is 5. The molecule has 2 aromatic rings. The highest BCUT2D eigenvalue weighted by Gasteiger charge is 2.35. The Balaban J connectivity index is 1.81. The molecule has 0 aromatic heterocycles. The normalized spacial score (nSPS) is 17.9. The van der Waals surface area contributed by atoms with E-state index in [-0.39, 0.29) is 18.2 Å². The van der Waals surface area contributed by atoms with E-state index in [1.165, 1.54) is 11.8 Å². The van der Waals surface area contributed by atoms with Gasteiger partial charge in [-0.05, 0) is 44.2 Å². The fourth-order valence-electron chi connectivity index (χ4n) is 2.92. The number of nitrogens with zero attached hydrogens (tertiary/aromatic N) is 2. The van der Waals surface area contributed by atoms with Gasteiger partial charge in [0.25, 0.3) is 0 Å². The molecule has 2 amide bonds. The highest BCUT2D eigenvalue weighted by Crippen LogP contribution is 2.32. The van der Waals surface area contributed by atoms with Crippen LogP contribution in [-0.4, -0.2) is 40.3 Å². The summed E-state index contributed by atoms with van der Waals surface area (Å²) in [6.45, 7) is 4.73. The number of anilines is 1. The molecule has 0 saturated carbocycles. The third-order valence-corrected chi connectivity index (χ3v) is 5.86. The molecule has 1 aliphatic heterocycles. The van der Waals surface area contributed by atoms with Gasteiger partial charge in [-0.3, -0.25) is 14.5 Å². The van der Waals surface area contributed by atoms with E-state index < -0.39 is 5.25 Å². The number of rotatable bonds is 6. The Morgan fingerprint density at radius 2 is 1.97 bits per heavy atom. The number of amidine groups is 1. The van der Waals surface area contributed by atoms with Crippen molar-refractivity contribution in [3.8, 4) is 5.75 Å². The van der Waals surface area contributed by atoms with Crippen LogP contribution in [0.5, 0.6) is 5.75 Å². The molecule has 0 spiro atoms. The van der Waals surface area contributed by atoms with Crippen LogP contribution in [0.4, 0.5) is 11.4 Å². The number of amides is 2. The summed E-state index contributed by atoms with van der Waals surface area (Å²) in [4.78, 5) is 31.6. The SMILES string of the molecule is CCOc1cccc(NC(=O)C2CC(=O)N(CC)C(=Nc3cc(Cl)cc(Cl)c3)S2)c1. The van der Waals surface area contributed by atoms with Crippen molar-refractivity contribution in [3.05, 3.63) is 52.5 Å². The minimum atomic E-state index is -0.607. The van der Waals surface area contributed by atoms with Gasteiger partial charge in [0.15, 0.2) is 5.17 Å². The Morgan fingerprint density at radius 3 is 2.63 bits per heavy atom. The van der Waals surface area contributed by atoms with Crippen molar-refractivity contribution >= 4 is 63.3 Å². The first-order valence-electron chi connectivity index (χ1n) is 9.45. The van der Waals surface area contributed by atoms with Gasteiger partial charge in [0.1, 0.15) is 11.0 Å². The predicted octanol–water partition coefficient (Wildman–Crippen LogP) is 5.37. The van der Waals surface area contributed by atoms with E-state index in [4.69, 9.17) is 27.9 Å². The monoisotopic (exact) mass is 465 g/mol. The lowest BCUT2D eigenvalue weighted by molar-refractivity contribution is -0.129. The highest BCUT2D eigenvalue weighted by molar-refractivity contribution is 8.15. The zero-order valence-electron chi connectivity index (χ0n) is 16.5. The Kier molecular flexibility index (Phi) is 7.64. The number of thioether (sulfide) groups is 1. The van der Waals surface area contributed by atoms with E-state index in [2.05, 4.69) is 10.3 Å². The van der Waals surface area contributed by atoms with E-state index in [0.29, 0.717) is 45.5 Å². The van der Waals surface area contributed by atoms with Crippen molar-refractivity contribution in [2.75, 3.05) is 18.5 Å². The molecule has 1 aliphatic rings. The first-order valence-corrected chi connectivity index (χ1v) is 11.1. The molecule has 1 unspecified atom stereocenters. The molecule has 30 heavy (non-hydrogen) atoms. The molecule has 6 nitrogen and oxygen atoms in total. The smallest absolute Gasteiger partial charge is 0.238 e. The lowest BCUT2D eigenvalue weighted by Crippen LogP contribution is -2.45. The lowest BCUT2D eigenvalue weighted by atomic mass is 10.2. The summed E-state index contributed by atoms with van der Waals surface area (Å²) in [7, 11) is 0. The molecule has 158 valence electrons. The second-order valence-corrected chi connectivity index (χ2v) is 8.46. The van der Waals surface area contributed by atoms with E-state index in [0.717, 1.165) is 0 Å². The third kappa shape index (κ3) is 5.68. The van der Waals surface area contributed by atoms with Crippen LogP contribution in [0.2, 0.25) is 10.0 Å². The lowest BCUT2D eigenvalue weighted by Gasteiger charge is -2.31. The molecule has 3 rings (SSSR count). The fourth-order valence-corrected chi connectivity index (χ4v) is 4.60. The van der Waals surface area contributed by atoms with Crippen LogP contribution in [0.3, 0.4) is 0 Å². The number of benzene rings is 2. The summed E-state index contributed by atoms with van der Waals surface area (Å²) in [5.41, 5.74) is 1.13. The first-order chi connectivity index (χ1) is 14.4. The van der Waals surface area contributed by atoms with Crippen molar-refractivity contribution in [2.45, 2.75) is 25.5 Å². The second-order valence-electron chi connectivity index (χ2n) is 6.42. The molecule has 1 N–H and O–H groups in total. The molecule has 1 saturated heterocycles. The maximum Gasteiger partial charge on any atom is 0.238 e. The van der Waals surface area contributed by atoms with E-state index >= 15 is 0 Å². The van der Waals surface area contributed by atoms with Crippen molar-refractivity contribution < 1.29 is 14.3 Å². The van der Waals surface area contributed by atoms with Gasteiger partial charge >= 0.3 is 0 Å². The van der Waals surface area contributed by atoms with E-state index in [1.807, 2.05) is 19.9 Å². The molecule has 1 atom stereocenters. The van der Waals surface area contributed by atoms with Crippen LogP contribution in [0.1, 0.15) is 20.3 Å². The molecule has 0 radical (unpaired) electrons. The summed E-state index contributed by atoms with van der Waals surface area (Å²) in [5, 5.41) is 3.58. The average molecular weight is 466 g/mol. The molecule has 2 aromatic carbocycles. The number of aliphatic imine (C=N–C) groups is 1. The summed E-state index contributed by atoms with van der Waals surface area (Å²) < 4.78 is 5.46. The van der Waals surface area contributed by atoms with Crippen LogP contribution in [0, 0.1) is 0 Å². The second kappa shape index (κ2) is 10.2. The molecular weight excluding hydrogens is 445 g/mol. The van der Waals surface area contributed by atoms with Gasteiger partial charge in [-0.25, -0.2) is 4.99 Å². The van der Waals surface area contributed by atoms with Gasteiger partial charge in [-0.1, -0.05) is 41.0 Å². The largest absolute Gasteiger partial charge is 0.494 e. The van der Waals surface area contributed by atoms with E-state index in [1.54, 1.807) is 41.3 Å². The highest BCUT2D eigenvalue weighted by atomic mass is 35.5. The van der Waals surface area contributed by atoms with Crippen LogP contribution in [-0.2, 0) is 9.59 Å². The van der Waals surface area contributed by atoms with Gasteiger partial charge < -0.3 is 10.1 Å². The van der Waals surface area contributed by atoms with Crippen LogP contribution < -0.4 is 10.1 Å². The minimum Gasteiger partial charge on any atom is -0.494 e. The minimum absolute atomic E-state index is 0.0881. The van der Waals surface area contributed by atoms with Gasteiger partial charge in [0.05, 0.1) is 12.3 Å². The number of hydrogen-bond donors (Lipinski definition) is 1. The molecule has 1 fully saturated rings. The van der Waals surface area contributed by atoms with Gasteiger partial charge in [-0.2, -0.15) is 0 Å². The number of carbonyl (C=O) groups excluding carboxylic acids is 2. The van der Waals surface area contributed by atoms with Gasteiger partial charge in [0.2, 0.25) is 11.8 Å². The maximum absolute atomic E-state index is 12.8. The fraction of sp³-hybridized carbons (Fsp3) is 0.286. The average Bonchev–Trinajstić information content (AvgIpc) is 2.67. The summed E-state index contributed by atoms with van der Waals surface area (Å²) >= 11 is 13.4. The van der Waals surface area contributed by atoms with Crippen molar-refractivity contribution in [1.29, 1.82) is 0 Å². The topological polar surface area (TPSA) is 71.0 Å². The standard InChI is InChI=1S/C21H21Cl2N3O3S/c1-3-26-19(27)12-18(20(28)24-15-6-5-7-17(11-15)29-4-2)30-21(26)25-16-9-13(22)8-14(23)10-16/h5-11,18H,3-4,12H2,1-2H3,(H,24,28). The van der Waals surface area contributed by atoms with Gasteiger partial charge in [-0.15, -0.1) is 0 Å². The molecule has 9 heteroatoms. The maximum atomic E-state index is 12.8. The Bertz CT molecular complexity index is 963. The van der Waals surface area contributed by atoms with E-state index in [9.17, 15) is 9.59 Å². The number of carbonyl (C=O) groups is 2. The van der Waals surface area contributed by atoms with Crippen molar-refractivity contribution in [3.63, 3.8) is 0 Å². The molecular formula is C21H21Cl2N3O3S.